The van der Waals surface area contributed by atoms with E-state index in [0.717, 1.165) is 18.4 Å². The van der Waals surface area contributed by atoms with Crippen LogP contribution in [0.3, 0.4) is 0 Å². The molecule has 0 amide bonds. The summed E-state index contributed by atoms with van der Waals surface area (Å²) >= 11 is 0. The number of rotatable bonds is 3. The van der Waals surface area contributed by atoms with E-state index in [1.165, 1.54) is 32.4 Å². The van der Waals surface area contributed by atoms with Crippen molar-refractivity contribution < 1.29 is 13.9 Å². The van der Waals surface area contributed by atoms with Gasteiger partial charge in [0.05, 0.1) is 12.7 Å². The molecule has 1 aromatic rings. The van der Waals surface area contributed by atoms with Gasteiger partial charge in [0.25, 0.3) is 0 Å². The third-order valence-electron chi connectivity index (χ3n) is 4.20. The molecule has 1 fully saturated rings. The number of esters is 1. The summed E-state index contributed by atoms with van der Waals surface area (Å²) in [4.78, 5) is 11.6. The molecule has 0 saturated heterocycles. The van der Waals surface area contributed by atoms with Crippen molar-refractivity contribution in [3.63, 3.8) is 0 Å². The molecule has 1 aromatic carbocycles. The van der Waals surface area contributed by atoms with Crippen LogP contribution in [0.5, 0.6) is 0 Å². The summed E-state index contributed by atoms with van der Waals surface area (Å²) in [5.41, 5.74) is 1.27. The first-order chi connectivity index (χ1) is 9.15. The molecule has 0 bridgehead atoms. The fourth-order valence-electron chi connectivity index (χ4n) is 3.20. The van der Waals surface area contributed by atoms with E-state index in [-0.39, 0.29) is 5.82 Å². The van der Waals surface area contributed by atoms with Gasteiger partial charge in [-0.1, -0.05) is 26.2 Å². The Morgan fingerprint density at radius 2 is 2.05 bits per heavy atom. The monoisotopic (exact) mass is 264 g/mol. The van der Waals surface area contributed by atoms with E-state index >= 15 is 0 Å². The molecule has 0 spiro atoms. The first-order valence-electron chi connectivity index (χ1n) is 7.04. The molecule has 1 aliphatic carbocycles. The van der Waals surface area contributed by atoms with Gasteiger partial charge in [0.2, 0.25) is 0 Å². The first-order valence-corrected chi connectivity index (χ1v) is 7.04. The summed E-state index contributed by atoms with van der Waals surface area (Å²) in [6.07, 6.45) is 5.84. The van der Waals surface area contributed by atoms with E-state index in [0.29, 0.717) is 17.4 Å². The highest BCUT2D eigenvalue weighted by molar-refractivity contribution is 5.89. The minimum atomic E-state index is -0.468. The zero-order valence-electron chi connectivity index (χ0n) is 11.6. The van der Waals surface area contributed by atoms with Crippen molar-refractivity contribution in [2.24, 2.45) is 5.92 Å². The van der Waals surface area contributed by atoms with Crippen molar-refractivity contribution in [1.29, 1.82) is 0 Å². The van der Waals surface area contributed by atoms with Crippen LogP contribution >= 0.6 is 0 Å². The highest BCUT2D eigenvalue weighted by Gasteiger charge is 2.26. The second kappa shape index (κ2) is 6.18. The molecule has 2 atom stereocenters. The van der Waals surface area contributed by atoms with Gasteiger partial charge in [-0.25, -0.2) is 9.18 Å². The Morgan fingerprint density at radius 3 is 2.74 bits per heavy atom. The lowest BCUT2D eigenvalue weighted by Gasteiger charge is -2.31. The second-order valence-corrected chi connectivity index (χ2v) is 5.32. The maximum absolute atomic E-state index is 13.7. The zero-order chi connectivity index (χ0) is 13.8. The Balaban J connectivity index is 2.32. The van der Waals surface area contributed by atoms with Gasteiger partial charge >= 0.3 is 5.97 Å². The number of carbonyl (C=O) groups excluding carboxylic acids is 1. The van der Waals surface area contributed by atoms with Gasteiger partial charge in [-0.2, -0.15) is 0 Å². The van der Waals surface area contributed by atoms with Crippen molar-refractivity contribution >= 4 is 5.97 Å². The Hall–Kier alpha value is -1.38. The number of ether oxygens (including phenoxy) is 1. The quantitative estimate of drug-likeness (QED) is 0.761. The summed E-state index contributed by atoms with van der Waals surface area (Å²) in [5.74, 6) is 0.154. The molecule has 104 valence electrons. The number of hydrogen-bond acceptors (Lipinski definition) is 2. The molecule has 2 unspecified atom stereocenters. The van der Waals surface area contributed by atoms with E-state index in [9.17, 15) is 9.18 Å². The summed E-state index contributed by atoms with van der Waals surface area (Å²) in [6.45, 7) is 2.18. The van der Waals surface area contributed by atoms with Crippen molar-refractivity contribution in [3.8, 4) is 0 Å². The van der Waals surface area contributed by atoms with Crippen molar-refractivity contribution in [2.45, 2.75) is 44.9 Å². The smallest absolute Gasteiger partial charge is 0.337 e. The summed E-state index contributed by atoms with van der Waals surface area (Å²) in [6, 6.07) is 4.62. The Morgan fingerprint density at radius 1 is 1.32 bits per heavy atom. The summed E-state index contributed by atoms with van der Waals surface area (Å²) in [7, 11) is 1.32. The lowest BCUT2D eigenvalue weighted by atomic mass is 9.74. The van der Waals surface area contributed by atoms with Crippen LogP contribution in [0.2, 0.25) is 0 Å². The van der Waals surface area contributed by atoms with Crippen molar-refractivity contribution in [1.82, 2.24) is 0 Å². The van der Waals surface area contributed by atoms with Gasteiger partial charge < -0.3 is 4.74 Å². The van der Waals surface area contributed by atoms with Gasteiger partial charge in [-0.05, 0) is 48.4 Å². The number of carbonyl (C=O) groups is 1. The van der Waals surface area contributed by atoms with Crippen LogP contribution in [0.1, 0.15) is 60.9 Å². The van der Waals surface area contributed by atoms with Crippen molar-refractivity contribution in [2.75, 3.05) is 7.11 Å². The highest BCUT2D eigenvalue weighted by atomic mass is 19.1. The minimum absolute atomic E-state index is 0.318. The van der Waals surface area contributed by atoms with E-state index in [1.54, 1.807) is 12.1 Å². The van der Waals surface area contributed by atoms with Gasteiger partial charge in [0.15, 0.2) is 0 Å². The van der Waals surface area contributed by atoms with E-state index in [2.05, 4.69) is 11.7 Å². The molecule has 0 aliphatic heterocycles. The lowest BCUT2D eigenvalue weighted by Crippen LogP contribution is -2.18. The summed E-state index contributed by atoms with van der Waals surface area (Å²) < 4.78 is 18.4. The normalized spacial score (nSPS) is 23.1. The minimum Gasteiger partial charge on any atom is -0.465 e. The molecule has 3 heteroatoms. The topological polar surface area (TPSA) is 26.3 Å². The maximum Gasteiger partial charge on any atom is 0.337 e. The van der Waals surface area contributed by atoms with Crippen LogP contribution in [-0.4, -0.2) is 13.1 Å². The molecule has 19 heavy (non-hydrogen) atoms. The van der Waals surface area contributed by atoms with Crippen LogP contribution < -0.4 is 0 Å². The molecular weight excluding hydrogens is 243 g/mol. The number of benzene rings is 1. The third-order valence-corrected chi connectivity index (χ3v) is 4.20. The average molecular weight is 264 g/mol. The summed E-state index contributed by atoms with van der Waals surface area (Å²) in [5, 5.41) is 0. The molecule has 2 rings (SSSR count). The Bertz CT molecular complexity index is 456. The van der Waals surface area contributed by atoms with Crippen LogP contribution in [0.4, 0.5) is 4.39 Å². The second-order valence-electron chi connectivity index (χ2n) is 5.32. The number of halogens is 1. The largest absolute Gasteiger partial charge is 0.465 e. The van der Waals surface area contributed by atoms with Gasteiger partial charge in [-0.3, -0.25) is 0 Å². The zero-order valence-corrected chi connectivity index (χ0v) is 11.6. The predicted octanol–water partition coefficient (Wildman–Crippen LogP) is 4.30. The molecule has 0 aromatic heterocycles. The van der Waals surface area contributed by atoms with Crippen molar-refractivity contribution in [3.05, 3.63) is 35.1 Å². The molecular formula is C16H21FO2. The molecule has 2 nitrogen and oxygen atoms in total. The van der Waals surface area contributed by atoms with E-state index < -0.39 is 5.97 Å². The standard InChI is InChI=1S/C16H21FO2/c1-3-11-6-4-5-7-15(11)12-8-13(16(18)19-2)10-14(17)9-12/h8-11,15H,3-7H2,1-2H3. The van der Waals surface area contributed by atoms with Gasteiger partial charge in [0.1, 0.15) is 5.82 Å². The fourth-order valence-corrected chi connectivity index (χ4v) is 3.20. The molecule has 1 saturated carbocycles. The first kappa shape index (κ1) is 14.0. The van der Waals surface area contributed by atoms with E-state index in [1.807, 2.05) is 0 Å². The molecule has 1 aliphatic rings. The fraction of sp³-hybridized carbons (Fsp3) is 0.562. The number of methoxy groups -OCH3 is 1. The van der Waals surface area contributed by atoms with Gasteiger partial charge in [-0.15, -0.1) is 0 Å². The van der Waals surface area contributed by atoms with Crippen LogP contribution in [0, 0.1) is 11.7 Å². The highest BCUT2D eigenvalue weighted by Crippen LogP contribution is 2.39. The molecule has 0 radical (unpaired) electrons. The lowest BCUT2D eigenvalue weighted by molar-refractivity contribution is 0.0600. The van der Waals surface area contributed by atoms with Crippen LogP contribution in [0.25, 0.3) is 0 Å². The van der Waals surface area contributed by atoms with E-state index in [4.69, 9.17) is 0 Å². The van der Waals surface area contributed by atoms with Crippen LogP contribution in [0.15, 0.2) is 18.2 Å². The maximum atomic E-state index is 13.7. The Labute approximate surface area is 114 Å². The van der Waals surface area contributed by atoms with Crippen LogP contribution in [-0.2, 0) is 4.74 Å². The average Bonchev–Trinajstić information content (AvgIpc) is 2.45. The predicted molar refractivity (Wildman–Crippen MR) is 72.7 cm³/mol. The third kappa shape index (κ3) is 3.14. The Kier molecular flexibility index (Phi) is 4.56. The van der Waals surface area contributed by atoms with Gasteiger partial charge in [0, 0.05) is 0 Å². The SMILES string of the molecule is CCC1CCCCC1c1cc(F)cc(C(=O)OC)c1. The molecule has 0 heterocycles. The number of hydrogen-bond donors (Lipinski definition) is 0. The molecule has 0 N–H and O–H groups in total.